The van der Waals surface area contributed by atoms with Crippen molar-refractivity contribution in [1.29, 1.82) is 5.26 Å². The van der Waals surface area contributed by atoms with Crippen molar-refractivity contribution in [3.63, 3.8) is 0 Å². The highest BCUT2D eigenvalue weighted by molar-refractivity contribution is 5.31. The summed E-state index contributed by atoms with van der Waals surface area (Å²) < 4.78 is 10.7. The lowest BCUT2D eigenvalue weighted by Gasteiger charge is -2.13. The molecule has 0 spiro atoms. The maximum absolute atomic E-state index is 8.68. The molecule has 1 rings (SSSR count). The first-order valence-electron chi connectivity index (χ1n) is 4.86. The standard InChI is InChI=1S/C11H14N2O2/c1-3-14-8-9(2)15-11-6-10(7-12)4-5-13-11/h4-6,9H,3,8H2,1-2H3. The second-order valence-corrected chi connectivity index (χ2v) is 3.08. The first kappa shape index (κ1) is 11.5. The Bertz CT molecular complexity index is 347. The Labute approximate surface area is 89.5 Å². The number of hydrogen-bond donors (Lipinski definition) is 0. The van der Waals surface area contributed by atoms with Gasteiger partial charge in [0.25, 0.3) is 0 Å². The molecule has 1 atom stereocenters. The summed E-state index contributed by atoms with van der Waals surface area (Å²) in [6.45, 7) is 5.02. The highest BCUT2D eigenvalue weighted by Crippen LogP contribution is 2.10. The van der Waals surface area contributed by atoms with E-state index in [1.807, 2.05) is 19.9 Å². The molecule has 0 radical (unpaired) electrons. The highest BCUT2D eigenvalue weighted by Gasteiger charge is 2.05. The molecule has 4 nitrogen and oxygen atoms in total. The SMILES string of the molecule is CCOCC(C)Oc1cc(C#N)ccn1. The van der Waals surface area contributed by atoms with Crippen LogP contribution in [-0.2, 0) is 4.74 Å². The van der Waals surface area contributed by atoms with Crippen LogP contribution >= 0.6 is 0 Å². The molecule has 0 aliphatic carbocycles. The van der Waals surface area contributed by atoms with Gasteiger partial charge in [0.2, 0.25) is 5.88 Å². The normalized spacial score (nSPS) is 11.8. The van der Waals surface area contributed by atoms with Crippen molar-refractivity contribution in [1.82, 2.24) is 4.98 Å². The summed E-state index contributed by atoms with van der Waals surface area (Å²) in [5, 5.41) is 8.68. The number of pyridine rings is 1. The number of aromatic nitrogens is 1. The number of nitrogens with zero attached hydrogens (tertiary/aromatic N) is 2. The maximum Gasteiger partial charge on any atom is 0.214 e. The van der Waals surface area contributed by atoms with E-state index in [9.17, 15) is 0 Å². The minimum Gasteiger partial charge on any atom is -0.472 e. The summed E-state index contributed by atoms with van der Waals surface area (Å²) in [4.78, 5) is 4.01. The van der Waals surface area contributed by atoms with Crippen molar-refractivity contribution in [2.45, 2.75) is 20.0 Å². The number of rotatable bonds is 5. The molecule has 1 aromatic heterocycles. The molecular formula is C11H14N2O2. The van der Waals surface area contributed by atoms with Crippen LogP contribution in [0.2, 0.25) is 0 Å². The Morgan fingerprint density at radius 2 is 2.40 bits per heavy atom. The van der Waals surface area contributed by atoms with Crippen LogP contribution in [0.25, 0.3) is 0 Å². The fraction of sp³-hybridized carbons (Fsp3) is 0.455. The zero-order chi connectivity index (χ0) is 11.1. The van der Waals surface area contributed by atoms with E-state index in [0.717, 1.165) is 0 Å². The molecule has 0 aliphatic heterocycles. The fourth-order valence-electron chi connectivity index (χ4n) is 1.07. The topological polar surface area (TPSA) is 55.1 Å². The minimum absolute atomic E-state index is 0.0635. The van der Waals surface area contributed by atoms with Crippen LogP contribution in [0.1, 0.15) is 19.4 Å². The lowest BCUT2D eigenvalue weighted by atomic mass is 10.3. The fourth-order valence-corrected chi connectivity index (χ4v) is 1.07. The molecule has 1 heterocycles. The third kappa shape index (κ3) is 3.96. The first-order chi connectivity index (χ1) is 7.26. The van der Waals surface area contributed by atoms with Gasteiger partial charge < -0.3 is 9.47 Å². The van der Waals surface area contributed by atoms with Crippen LogP contribution in [0.4, 0.5) is 0 Å². The molecule has 1 unspecified atom stereocenters. The molecule has 15 heavy (non-hydrogen) atoms. The third-order valence-corrected chi connectivity index (χ3v) is 1.74. The van der Waals surface area contributed by atoms with E-state index in [2.05, 4.69) is 4.98 Å². The summed E-state index contributed by atoms with van der Waals surface area (Å²) in [6, 6.07) is 5.29. The average molecular weight is 206 g/mol. The Balaban J connectivity index is 2.53. The average Bonchev–Trinajstić information content (AvgIpc) is 2.26. The molecule has 1 aromatic rings. The monoisotopic (exact) mass is 206 g/mol. The molecule has 80 valence electrons. The molecule has 0 saturated carbocycles. The van der Waals surface area contributed by atoms with Crippen LogP contribution in [0.3, 0.4) is 0 Å². The van der Waals surface area contributed by atoms with E-state index in [0.29, 0.717) is 24.7 Å². The van der Waals surface area contributed by atoms with Crippen LogP contribution in [0.15, 0.2) is 18.3 Å². The van der Waals surface area contributed by atoms with Gasteiger partial charge in [-0.15, -0.1) is 0 Å². The summed E-state index contributed by atoms with van der Waals surface area (Å²) in [5.41, 5.74) is 0.545. The zero-order valence-corrected chi connectivity index (χ0v) is 8.93. The van der Waals surface area contributed by atoms with Gasteiger partial charge in [0, 0.05) is 18.9 Å². The number of nitriles is 1. The van der Waals surface area contributed by atoms with E-state index in [1.165, 1.54) is 0 Å². The van der Waals surface area contributed by atoms with Crippen molar-refractivity contribution < 1.29 is 9.47 Å². The zero-order valence-electron chi connectivity index (χ0n) is 8.93. The van der Waals surface area contributed by atoms with Crippen LogP contribution < -0.4 is 4.74 Å². The highest BCUT2D eigenvalue weighted by atomic mass is 16.5. The predicted molar refractivity (Wildman–Crippen MR) is 55.5 cm³/mol. The third-order valence-electron chi connectivity index (χ3n) is 1.74. The molecule has 0 N–H and O–H groups in total. The largest absolute Gasteiger partial charge is 0.472 e. The molecule has 0 aliphatic rings. The van der Waals surface area contributed by atoms with Gasteiger partial charge >= 0.3 is 0 Å². The lowest BCUT2D eigenvalue weighted by Crippen LogP contribution is -2.19. The van der Waals surface area contributed by atoms with Crippen molar-refractivity contribution in [3.8, 4) is 11.9 Å². The number of ether oxygens (including phenoxy) is 2. The van der Waals surface area contributed by atoms with Gasteiger partial charge in [0.15, 0.2) is 0 Å². The van der Waals surface area contributed by atoms with E-state index in [1.54, 1.807) is 18.3 Å². The minimum atomic E-state index is -0.0635. The van der Waals surface area contributed by atoms with E-state index in [4.69, 9.17) is 14.7 Å². The van der Waals surface area contributed by atoms with Gasteiger partial charge in [-0.2, -0.15) is 5.26 Å². The second kappa shape index (κ2) is 5.99. The van der Waals surface area contributed by atoms with Gasteiger partial charge in [-0.1, -0.05) is 0 Å². The summed E-state index contributed by atoms with van der Waals surface area (Å²) in [6.07, 6.45) is 1.49. The van der Waals surface area contributed by atoms with Crippen molar-refractivity contribution in [3.05, 3.63) is 23.9 Å². The Morgan fingerprint density at radius 1 is 1.60 bits per heavy atom. The lowest BCUT2D eigenvalue weighted by molar-refractivity contribution is 0.0633. The van der Waals surface area contributed by atoms with Gasteiger partial charge in [-0.3, -0.25) is 0 Å². The van der Waals surface area contributed by atoms with Gasteiger partial charge in [0.05, 0.1) is 18.2 Å². The Morgan fingerprint density at radius 3 is 3.07 bits per heavy atom. The first-order valence-corrected chi connectivity index (χ1v) is 4.86. The molecular weight excluding hydrogens is 192 g/mol. The van der Waals surface area contributed by atoms with Crippen molar-refractivity contribution >= 4 is 0 Å². The van der Waals surface area contributed by atoms with Crippen LogP contribution in [-0.4, -0.2) is 24.3 Å². The summed E-state index contributed by atoms with van der Waals surface area (Å²) >= 11 is 0. The van der Waals surface area contributed by atoms with E-state index < -0.39 is 0 Å². The quantitative estimate of drug-likeness (QED) is 0.736. The Kier molecular flexibility index (Phi) is 4.58. The molecule has 0 fully saturated rings. The molecule has 4 heteroatoms. The van der Waals surface area contributed by atoms with E-state index in [-0.39, 0.29) is 6.10 Å². The molecule has 0 bridgehead atoms. The number of hydrogen-bond acceptors (Lipinski definition) is 4. The van der Waals surface area contributed by atoms with Gasteiger partial charge in [-0.05, 0) is 19.9 Å². The predicted octanol–water partition coefficient (Wildman–Crippen LogP) is 1.76. The van der Waals surface area contributed by atoms with E-state index >= 15 is 0 Å². The Hall–Kier alpha value is -1.60. The molecule has 0 amide bonds. The second-order valence-electron chi connectivity index (χ2n) is 3.08. The summed E-state index contributed by atoms with van der Waals surface area (Å²) in [5.74, 6) is 0.459. The maximum atomic E-state index is 8.68. The van der Waals surface area contributed by atoms with Crippen molar-refractivity contribution in [2.75, 3.05) is 13.2 Å². The smallest absolute Gasteiger partial charge is 0.214 e. The van der Waals surface area contributed by atoms with Gasteiger partial charge in [0.1, 0.15) is 6.10 Å². The summed E-state index contributed by atoms with van der Waals surface area (Å²) in [7, 11) is 0. The van der Waals surface area contributed by atoms with Crippen LogP contribution in [0, 0.1) is 11.3 Å². The molecule has 0 aromatic carbocycles. The van der Waals surface area contributed by atoms with Gasteiger partial charge in [-0.25, -0.2) is 4.98 Å². The molecule has 0 saturated heterocycles. The van der Waals surface area contributed by atoms with Crippen LogP contribution in [0.5, 0.6) is 5.88 Å². The van der Waals surface area contributed by atoms with Crippen molar-refractivity contribution in [2.24, 2.45) is 0 Å².